The fourth-order valence-electron chi connectivity index (χ4n) is 2.09. The largest absolute Gasteiger partial charge is 0.454 e. The van der Waals surface area contributed by atoms with Crippen LogP contribution in [0, 0.1) is 0 Å². The Bertz CT molecular complexity index is 421. The average Bonchev–Trinajstić information content (AvgIpc) is 2.63. The SMILES string of the molecule is CC(=O)Cc1ccc2c(c1C(C)C)OCO2. The number of ether oxygens (including phenoxy) is 2. The van der Waals surface area contributed by atoms with Crippen LogP contribution < -0.4 is 9.47 Å². The highest BCUT2D eigenvalue weighted by Gasteiger charge is 2.22. The maximum absolute atomic E-state index is 11.2. The molecule has 1 aliphatic rings. The molecule has 16 heavy (non-hydrogen) atoms. The highest BCUT2D eigenvalue weighted by Crippen LogP contribution is 2.41. The lowest BCUT2D eigenvalue weighted by Gasteiger charge is -2.14. The number of Topliss-reactive ketones (excluding diaryl/α,β-unsaturated/α-hetero) is 1. The predicted octanol–water partition coefficient (Wildman–Crippen LogP) is 2.67. The Kier molecular flexibility index (Phi) is 2.86. The molecule has 0 saturated carbocycles. The zero-order chi connectivity index (χ0) is 11.7. The molecule has 0 bridgehead atoms. The number of hydrogen-bond acceptors (Lipinski definition) is 3. The third kappa shape index (κ3) is 1.90. The number of carbonyl (C=O) groups is 1. The van der Waals surface area contributed by atoms with Gasteiger partial charge in [0.1, 0.15) is 5.78 Å². The van der Waals surface area contributed by atoms with Crippen LogP contribution in [-0.4, -0.2) is 12.6 Å². The van der Waals surface area contributed by atoms with E-state index in [1.165, 1.54) is 0 Å². The second-order valence-electron chi connectivity index (χ2n) is 4.41. The van der Waals surface area contributed by atoms with Crippen molar-refractivity contribution in [2.24, 2.45) is 0 Å². The van der Waals surface area contributed by atoms with E-state index in [1.54, 1.807) is 6.92 Å². The van der Waals surface area contributed by atoms with Gasteiger partial charge in [0, 0.05) is 12.0 Å². The molecule has 0 aliphatic carbocycles. The summed E-state index contributed by atoms with van der Waals surface area (Å²) in [5, 5.41) is 0. The molecule has 0 radical (unpaired) electrons. The summed E-state index contributed by atoms with van der Waals surface area (Å²) >= 11 is 0. The third-order valence-corrected chi connectivity index (χ3v) is 2.68. The highest BCUT2D eigenvalue weighted by molar-refractivity contribution is 5.79. The van der Waals surface area contributed by atoms with Gasteiger partial charge in [0.25, 0.3) is 0 Å². The number of ketones is 1. The number of rotatable bonds is 3. The Hall–Kier alpha value is -1.51. The van der Waals surface area contributed by atoms with E-state index in [1.807, 2.05) is 12.1 Å². The van der Waals surface area contributed by atoms with Gasteiger partial charge in [-0.2, -0.15) is 0 Å². The Balaban J connectivity index is 2.49. The molecule has 1 aromatic carbocycles. The van der Waals surface area contributed by atoms with Crippen molar-refractivity contribution in [2.75, 3.05) is 6.79 Å². The van der Waals surface area contributed by atoms with E-state index in [0.29, 0.717) is 12.3 Å². The lowest BCUT2D eigenvalue weighted by molar-refractivity contribution is -0.116. The van der Waals surface area contributed by atoms with Crippen molar-refractivity contribution in [1.82, 2.24) is 0 Å². The van der Waals surface area contributed by atoms with Gasteiger partial charge in [-0.05, 0) is 24.5 Å². The zero-order valence-electron chi connectivity index (χ0n) is 9.87. The molecule has 0 N–H and O–H groups in total. The third-order valence-electron chi connectivity index (χ3n) is 2.68. The van der Waals surface area contributed by atoms with Gasteiger partial charge in [-0.15, -0.1) is 0 Å². The molecule has 0 atom stereocenters. The van der Waals surface area contributed by atoms with Crippen molar-refractivity contribution in [2.45, 2.75) is 33.1 Å². The molecule has 2 rings (SSSR count). The van der Waals surface area contributed by atoms with Crippen molar-refractivity contribution in [3.05, 3.63) is 23.3 Å². The standard InChI is InChI=1S/C13H16O3/c1-8(2)12-10(6-9(3)14)4-5-11-13(12)16-7-15-11/h4-5,8H,6-7H2,1-3H3. The smallest absolute Gasteiger partial charge is 0.231 e. The van der Waals surface area contributed by atoms with Crippen LogP contribution in [-0.2, 0) is 11.2 Å². The summed E-state index contributed by atoms with van der Waals surface area (Å²) in [6, 6.07) is 3.84. The lowest BCUT2D eigenvalue weighted by atomic mass is 9.93. The van der Waals surface area contributed by atoms with E-state index < -0.39 is 0 Å². The van der Waals surface area contributed by atoms with Gasteiger partial charge >= 0.3 is 0 Å². The topological polar surface area (TPSA) is 35.5 Å². The number of hydrogen-bond donors (Lipinski definition) is 0. The molecular formula is C13H16O3. The van der Waals surface area contributed by atoms with Crippen LogP contribution in [0.15, 0.2) is 12.1 Å². The van der Waals surface area contributed by atoms with E-state index in [4.69, 9.17) is 9.47 Å². The van der Waals surface area contributed by atoms with E-state index in [9.17, 15) is 4.79 Å². The molecule has 86 valence electrons. The second-order valence-corrected chi connectivity index (χ2v) is 4.41. The summed E-state index contributed by atoms with van der Waals surface area (Å²) in [4.78, 5) is 11.2. The Morgan fingerprint density at radius 2 is 2.12 bits per heavy atom. The van der Waals surface area contributed by atoms with Gasteiger partial charge in [-0.25, -0.2) is 0 Å². The summed E-state index contributed by atoms with van der Waals surface area (Å²) < 4.78 is 10.8. The van der Waals surface area contributed by atoms with Crippen LogP contribution in [0.25, 0.3) is 0 Å². The highest BCUT2D eigenvalue weighted by atomic mass is 16.7. The molecule has 0 aromatic heterocycles. The first kappa shape index (κ1) is 11.0. The molecule has 0 fully saturated rings. The van der Waals surface area contributed by atoms with Gasteiger partial charge in [-0.3, -0.25) is 4.79 Å². The predicted molar refractivity (Wildman–Crippen MR) is 61.0 cm³/mol. The zero-order valence-corrected chi connectivity index (χ0v) is 9.87. The van der Waals surface area contributed by atoms with Gasteiger partial charge in [0.2, 0.25) is 6.79 Å². The van der Waals surface area contributed by atoms with Crippen LogP contribution in [0.4, 0.5) is 0 Å². The van der Waals surface area contributed by atoms with Crippen LogP contribution in [0.2, 0.25) is 0 Å². The Morgan fingerprint density at radius 1 is 1.38 bits per heavy atom. The average molecular weight is 220 g/mol. The van der Waals surface area contributed by atoms with Crippen molar-refractivity contribution in [3.63, 3.8) is 0 Å². The first-order valence-corrected chi connectivity index (χ1v) is 5.50. The maximum Gasteiger partial charge on any atom is 0.231 e. The molecule has 1 heterocycles. The maximum atomic E-state index is 11.2. The molecule has 0 spiro atoms. The summed E-state index contributed by atoms with van der Waals surface area (Å²) in [6.45, 7) is 6.08. The minimum absolute atomic E-state index is 0.167. The molecule has 3 nitrogen and oxygen atoms in total. The molecule has 0 saturated heterocycles. The first-order chi connectivity index (χ1) is 7.59. The Morgan fingerprint density at radius 3 is 2.75 bits per heavy atom. The van der Waals surface area contributed by atoms with Gasteiger partial charge < -0.3 is 9.47 Å². The summed E-state index contributed by atoms with van der Waals surface area (Å²) in [5.74, 6) is 2.09. The number of benzene rings is 1. The second kappa shape index (κ2) is 4.16. The fraction of sp³-hybridized carbons (Fsp3) is 0.462. The van der Waals surface area contributed by atoms with Crippen LogP contribution >= 0.6 is 0 Å². The van der Waals surface area contributed by atoms with Crippen molar-refractivity contribution >= 4 is 5.78 Å². The van der Waals surface area contributed by atoms with Gasteiger partial charge in [0.15, 0.2) is 11.5 Å². The monoisotopic (exact) mass is 220 g/mol. The summed E-state index contributed by atoms with van der Waals surface area (Å²) in [5.41, 5.74) is 2.15. The van der Waals surface area contributed by atoms with Crippen molar-refractivity contribution < 1.29 is 14.3 Å². The first-order valence-electron chi connectivity index (χ1n) is 5.50. The van der Waals surface area contributed by atoms with E-state index in [2.05, 4.69) is 13.8 Å². The molecule has 0 unspecified atom stereocenters. The lowest BCUT2D eigenvalue weighted by Crippen LogP contribution is -2.03. The van der Waals surface area contributed by atoms with E-state index in [-0.39, 0.29) is 12.6 Å². The van der Waals surface area contributed by atoms with E-state index >= 15 is 0 Å². The molecule has 0 amide bonds. The Labute approximate surface area is 95.4 Å². The minimum atomic E-state index is 0.167. The molecular weight excluding hydrogens is 204 g/mol. The quantitative estimate of drug-likeness (QED) is 0.785. The fourth-order valence-corrected chi connectivity index (χ4v) is 2.09. The minimum Gasteiger partial charge on any atom is -0.454 e. The number of fused-ring (bicyclic) bond motifs is 1. The van der Waals surface area contributed by atoms with Crippen molar-refractivity contribution in [3.8, 4) is 11.5 Å². The summed E-state index contributed by atoms with van der Waals surface area (Å²) in [7, 11) is 0. The van der Waals surface area contributed by atoms with Gasteiger partial charge in [-0.1, -0.05) is 19.9 Å². The van der Waals surface area contributed by atoms with Crippen molar-refractivity contribution in [1.29, 1.82) is 0 Å². The normalized spacial score (nSPS) is 13.2. The number of carbonyl (C=O) groups excluding carboxylic acids is 1. The molecule has 3 heteroatoms. The molecule has 1 aliphatic heterocycles. The van der Waals surface area contributed by atoms with Crippen LogP contribution in [0.5, 0.6) is 11.5 Å². The summed E-state index contributed by atoms with van der Waals surface area (Å²) in [6.07, 6.45) is 0.462. The van der Waals surface area contributed by atoms with E-state index in [0.717, 1.165) is 22.6 Å². The van der Waals surface area contributed by atoms with Crippen LogP contribution in [0.1, 0.15) is 37.8 Å². The molecule has 1 aromatic rings. The van der Waals surface area contributed by atoms with Gasteiger partial charge in [0.05, 0.1) is 0 Å². The van der Waals surface area contributed by atoms with Crippen LogP contribution in [0.3, 0.4) is 0 Å².